The molecule has 10 heteroatoms. The van der Waals surface area contributed by atoms with Crippen LogP contribution in [0.4, 0.5) is 14.5 Å². The molecule has 140 valence electrons. The molecule has 0 bridgehead atoms. The smallest absolute Gasteiger partial charge is 0.272 e. The van der Waals surface area contributed by atoms with Crippen LogP contribution in [0.25, 0.3) is 0 Å². The number of pyridine rings is 1. The van der Waals surface area contributed by atoms with Gasteiger partial charge in [0.25, 0.3) is 5.91 Å². The molecule has 2 aromatic rings. The first-order chi connectivity index (χ1) is 11.9. The Kier molecular flexibility index (Phi) is 5.28. The van der Waals surface area contributed by atoms with Crippen LogP contribution in [-0.2, 0) is 9.84 Å². The lowest BCUT2D eigenvalue weighted by molar-refractivity contribution is 0.0692. The third kappa shape index (κ3) is 4.14. The second kappa shape index (κ2) is 6.96. The Bertz CT molecular complexity index is 956. The number of aliphatic hydroxyl groups is 1. The lowest BCUT2D eigenvalue weighted by Gasteiger charge is -2.17. The van der Waals surface area contributed by atoms with Crippen LogP contribution in [0.5, 0.6) is 0 Å². The van der Waals surface area contributed by atoms with Crippen molar-refractivity contribution in [2.24, 2.45) is 0 Å². The van der Waals surface area contributed by atoms with E-state index in [9.17, 15) is 27.1 Å². The number of nitrogen functional groups attached to an aromatic ring is 1. The molecular weight excluding hydrogens is 368 g/mol. The van der Waals surface area contributed by atoms with Crippen LogP contribution in [0.1, 0.15) is 24.3 Å². The number of hydrogen-bond acceptors (Lipinski definition) is 6. The van der Waals surface area contributed by atoms with Crippen LogP contribution < -0.4 is 11.1 Å². The van der Waals surface area contributed by atoms with E-state index in [0.717, 1.165) is 30.5 Å². The van der Waals surface area contributed by atoms with Gasteiger partial charge >= 0.3 is 0 Å². The fourth-order valence-corrected chi connectivity index (χ4v) is 3.32. The minimum atomic E-state index is -4.42. The normalized spacial score (nSPS) is 12.0. The number of sulfone groups is 1. The van der Waals surface area contributed by atoms with Gasteiger partial charge in [-0.05, 0) is 32.0 Å². The number of nitrogens with two attached hydrogens (primary N) is 1. The van der Waals surface area contributed by atoms with E-state index in [1.165, 1.54) is 13.8 Å². The van der Waals surface area contributed by atoms with Crippen molar-refractivity contribution in [2.45, 2.75) is 29.2 Å². The number of aromatic nitrogens is 1. The minimum absolute atomic E-state index is 0.0818. The summed E-state index contributed by atoms with van der Waals surface area (Å²) in [6.45, 7) is 2.88. The molecule has 1 aromatic heterocycles. The van der Waals surface area contributed by atoms with Crippen molar-refractivity contribution in [3.05, 3.63) is 47.8 Å². The molecule has 26 heavy (non-hydrogen) atoms. The van der Waals surface area contributed by atoms with Crippen LogP contribution in [0.15, 0.2) is 40.3 Å². The topological polar surface area (TPSA) is 122 Å². The second-order valence-electron chi connectivity index (χ2n) is 6.16. The molecule has 1 heterocycles. The number of carbonyl (C=O) groups excluding carboxylic acids is 1. The standard InChI is InChI=1S/C16H17F2N3O4S/c1-16(2,23)8-21-15(22)14-11(19)6-9(7-20-14)26(24,25)12-5-3-4-10(17)13(12)18/h3-7,23H,8,19H2,1-2H3,(H,21,22). The average molecular weight is 385 g/mol. The third-order valence-corrected chi connectivity index (χ3v) is 5.04. The first-order valence-corrected chi connectivity index (χ1v) is 8.87. The molecule has 2 rings (SSSR count). The zero-order chi connectivity index (χ0) is 19.7. The first-order valence-electron chi connectivity index (χ1n) is 7.38. The molecule has 0 aliphatic carbocycles. The quantitative estimate of drug-likeness (QED) is 0.713. The molecule has 0 fully saturated rings. The molecule has 0 atom stereocenters. The van der Waals surface area contributed by atoms with E-state index < -0.39 is 42.8 Å². The van der Waals surface area contributed by atoms with Crippen LogP contribution in [0.2, 0.25) is 0 Å². The van der Waals surface area contributed by atoms with E-state index in [4.69, 9.17) is 5.73 Å². The van der Waals surface area contributed by atoms with E-state index in [2.05, 4.69) is 10.3 Å². The predicted molar refractivity (Wildman–Crippen MR) is 89.1 cm³/mol. The number of anilines is 1. The Hall–Kier alpha value is -2.59. The molecule has 1 aromatic carbocycles. The molecule has 0 unspecified atom stereocenters. The highest BCUT2D eigenvalue weighted by Crippen LogP contribution is 2.26. The fraction of sp³-hybridized carbons (Fsp3) is 0.250. The summed E-state index contributed by atoms with van der Waals surface area (Å²) in [6, 6.07) is 3.69. The molecule has 0 spiro atoms. The molecule has 4 N–H and O–H groups in total. The van der Waals surface area contributed by atoms with Crippen LogP contribution in [0, 0.1) is 11.6 Å². The lowest BCUT2D eigenvalue weighted by Crippen LogP contribution is -2.38. The molecule has 0 saturated heterocycles. The van der Waals surface area contributed by atoms with E-state index in [1.807, 2.05) is 0 Å². The van der Waals surface area contributed by atoms with Gasteiger partial charge in [-0.15, -0.1) is 0 Å². The first kappa shape index (κ1) is 19.7. The SMILES string of the molecule is CC(C)(O)CNC(=O)c1ncc(S(=O)(=O)c2cccc(F)c2F)cc1N. The maximum Gasteiger partial charge on any atom is 0.272 e. The molecule has 0 aliphatic rings. The molecule has 0 aliphatic heterocycles. The Morgan fingerprint density at radius 2 is 2.00 bits per heavy atom. The summed E-state index contributed by atoms with van der Waals surface area (Å²) < 4.78 is 52.0. The van der Waals surface area contributed by atoms with Gasteiger partial charge in [0.1, 0.15) is 4.90 Å². The van der Waals surface area contributed by atoms with E-state index in [0.29, 0.717) is 0 Å². The maximum atomic E-state index is 13.8. The number of nitrogens with zero attached hydrogens (tertiary/aromatic N) is 1. The lowest BCUT2D eigenvalue weighted by atomic mass is 10.1. The van der Waals surface area contributed by atoms with Crippen molar-refractivity contribution < 1.29 is 27.1 Å². The third-order valence-electron chi connectivity index (χ3n) is 3.30. The summed E-state index contributed by atoms with van der Waals surface area (Å²) in [5.41, 5.74) is 4.00. The van der Waals surface area contributed by atoms with Crippen molar-refractivity contribution in [1.82, 2.24) is 10.3 Å². The highest BCUT2D eigenvalue weighted by molar-refractivity contribution is 7.91. The van der Waals surface area contributed by atoms with Gasteiger partial charge in [0.15, 0.2) is 17.3 Å². The van der Waals surface area contributed by atoms with Crippen molar-refractivity contribution in [2.75, 3.05) is 12.3 Å². The summed E-state index contributed by atoms with van der Waals surface area (Å²) in [5.74, 6) is -3.54. The van der Waals surface area contributed by atoms with Crippen LogP contribution in [0.3, 0.4) is 0 Å². The highest BCUT2D eigenvalue weighted by atomic mass is 32.2. The summed E-state index contributed by atoms with van der Waals surface area (Å²) in [4.78, 5) is 14.4. The number of carbonyl (C=O) groups is 1. The average Bonchev–Trinajstić information content (AvgIpc) is 2.54. The van der Waals surface area contributed by atoms with Gasteiger partial charge in [-0.1, -0.05) is 6.07 Å². The Morgan fingerprint density at radius 1 is 1.35 bits per heavy atom. The summed E-state index contributed by atoms with van der Waals surface area (Å²) in [5, 5.41) is 12.0. The zero-order valence-corrected chi connectivity index (χ0v) is 14.8. The van der Waals surface area contributed by atoms with E-state index in [-0.39, 0.29) is 17.9 Å². The number of hydrogen-bond donors (Lipinski definition) is 3. The molecule has 1 amide bonds. The molecule has 0 radical (unpaired) electrons. The predicted octanol–water partition coefficient (Wildman–Crippen LogP) is 1.28. The zero-order valence-electron chi connectivity index (χ0n) is 14.0. The van der Waals surface area contributed by atoms with E-state index in [1.54, 1.807) is 0 Å². The number of rotatable bonds is 5. The van der Waals surface area contributed by atoms with Crippen molar-refractivity contribution >= 4 is 21.4 Å². The number of amides is 1. The fourth-order valence-electron chi connectivity index (χ4n) is 2.00. The monoisotopic (exact) mass is 385 g/mol. The highest BCUT2D eigenvalue weighted by Gasteiger charge is 2.26. The largest absolute Gasteiger partial charge is 0.397 e. The second-order valence-corrected chi connectivity index (χ2v) is 8.08. The Morgan fingerprint density at radius 3 is 2.58 bits per heavy atom. The van der Waals surface area contributed by atoms with Crippen LogP contribution in [-0.4, -0.2) is 36.6 Å². The van der Waals surface area contributed by atoms with Gasteiger partial charge < -0.3 is 16.2 Å². The maximum absolute atomic E-state index is 13.8. The minimum Gasteiger partial charge on any atom is -0.397 e. The summed E-state index contributed by atoms with van der Waals surface area (Å²) in [7, 11) is -4.42. The number of halogens is 2. The van der Waals surface area contributed by atoms with Gasteiger partial charge in [-0.25, -0.2) is 22.2 Å². The Labute approximate surface area is 148 Å². The van der Waals surface area contributed by atoms with Crippen molar-refractivity contribution in [3.63, 3.8) is 0 Å². The molecule has 7 nitrogen and oxygen atoms in total. The van der Waals surface area contributed by atoms with Gasteiger partial charge in [0.05, 0.1) is 16.2 Å². The van der Waals surface area contributed by atoms with Gasteiger partial charge in [-0.3, -0.25) is 4.79 Å². The van der Waals surface area contributed by atoms with Gasteiger partial charge in [0, 0.05) is 12.7 Å². The molecule has 0 saturated carbocycles. The Balaban J connectivity index is 2.37. The number of benzene rings is 1. The van der Waals surface area contributed by atoms with E-state index >= 15 is 0 Å². The van der Waals surface area contributed by atoms with Crippen molar-refractivity contribution in [1.29, 1.82) is 0 Å². The summed E-state index contributed by atoms with van der Waals surface area (Å²) in [6.07, 6.45) is 0.828. The van der Waals surface area contributed by atoms with Gasteiger partial charge in [-0.2, -0.15) is 0 Å². The van der Waals surface area contributed by atoms with Crippen LogP contribution >= 0.6 is 0 Å². The summed E-state index contributed by atoms with van der Waals surface area (Å²) >= 11 is 0. The van der Waals surface area contributed by atoms with Gasteiger partial charge in [0.2, 0.25) is 9.84 Å². The number of nitrogens with one attached hydrogen (secondary N) is 1. The molecular formula is C16H17F2N3O4S. The van der Waals surface area contributed by atoms with Crippen molar-refractivity contribution in [3.8, 4) is 0 Å².